The first-order chi connectivity index (χ1) is 8.99. The van der Waals surface area contributed by atoms with E-state index in [9.17, 15) is 9.90 Å². The quantitative estimate of drug-likeness (QED) is 0.743. The van der Waals surface area contributed by atoms with Crippen LogP contribution in [0.4, 0.5) is 0 Å². The number of amides is 1. The summed E-state index contributed by atoms with van der Waals surface area (Å²) in [5.74, 6) is 0.437. The summed E-state index contributed by atoms with van der Waals surface area (Å²) in [6, 6.07) is 3.24. The fourth-order valence-electron chi connectivity index (χ4n) is 1.58. The van der Waals surface area contributed by atoms with Gasteiger partial charge in [0.05, 0.1) is 17.6 Å². The second-order valence-electron chi connectivity index (χ2n) is 4.13. The zero-order chi connectivity index (χ0) is 14.4. The van der Waals surface area contributed by atoms with E-state index in [-0.39, 0.29) is 17.7 Å². The third kappa shape index (κ3) is 4.40. The Balaban J connectivity index is 2.68. The molecule has 1 atom stereocenters. The third-order valence-corrected chi connectivity index (χ3v) is 3.27. The monoisotopic (exact) mass is 330 g/mol. The smallest absolute Gasteiger partial charge is 0.236 e. The van der Waals surface area contributed by atoms with Gasteiger partial charge >= 0.3 is 0 Å². The topological polar surface area (TPSA) is 70.6 Å². The van der Waals surface area contributed by atoms with Gasteiger partial charge in [-0.15, -0.1) is 0 Å². The van der Waals surface area contributed by atoms with Crippen LogP contribution in [0.3, 0.4) is 0 Å². The Morgan fingerprint density at radius 1 is 1.53 bits per heavy atom. The minimum atomic E-state index is -0.279. The van der Waals surface area contributed by atoms with Crippen molar-refractivity contribution in [1.82, 2.24) is 10.6 Å². The van der Waals surface area contributed by atoms with Gasteiger partial charge in [0.25, 0.3) is 0 Å². The molecular formula is C13H19BrN2O3. The molecule has 1 rings (SSSR count). The molecule has 3 N–H and O–H groups in total. The maximum atomic E-state index is 11.6. The van der Waals surface area contributed by atoms with Crippen molar-refractivity contribution in [2.45, 2.75) is 26.4 Å². The van der Waals surface area contributed by atoms with Crippen LogP contribution >= 0.6 is 15.9 Å². The number of rotatable bonds is 6. The minimum Gasteiger partial charge on any atom is -0.503 e. The highest BCUT2D eigenvalue weighted by Gasteiger charge is 2.12. The number of likely N-dealkylation sites (N-methyl/N-ethyl adjacent to an activating group) is 1. The highest BCUT2D eigenvalue weighted by atomic mass is 79.9. The Hall–Kier alpha value is -1.27. The van der Waals surface area contributed by atoms with Crippen LogP contribution in [-0.2, 0) is 11.3 Å². The van der Waals surface area contributed by atoms with E-state index in [0.717, 1.165) is 5.56 Å². The van der Waals surface area contributed by atoms with Crippen LogP contribution in [0.2, 0.25) is 0 Å². The average molecular weight is 331 g/mol. The van der Waals surface area contributed by atoms with Gasteiger partial charge in [0.15, 0.2) is 11.5 Å². The summed E-state index contributed by atoms with van der Waals surface area (Å²) in [6.45, 7) is 4.81. The second kappa shape index (κ2) is 7.35. The molecule has 0 aromatic heterocycles. The number of hydrogen-bond donors (Lipinski definition) is 3. The maximum Gasteiger partial charge on any atom is 0.236 e. The number of halogens is 1. The zero-order valence-corrected chi connectivity index (χ0v) is 12.9. The summed E-state index contributed by atoms with van der Waals surface area (Å²) < 4.78 is 5.64. The van der Waals surface area contributed by atoms with Crippen molar-refractivity contribution in [3.05, 3.63) is 22.2 Å². The van der Waals surface area contributed by atoms with E-state index in [1.807, 2.05) is 6.92 Å². The van der Waals surface area contributed by atoms with Crippen molar-refractivity contribution in [2.75, 3.05) is 13.7 Å². The first kappa shape index (κ1) is 15.8. The van der Waals surface area contributed by atoms with Crippen LogP contribution in [0.5, 0.6) is 11.5 Å². The van der Waals surface area contributed by atoms with Crippen molar-refractivity contribution in [2.24, 2.45) is 0 Å². The Bertz CT molecular complexity index is 452. The Morgan fingerprint density at radius 3 is 2.79 bits per heavy atom. The van der Waals surface area contributed by atoms with Crippen LogP contribution in [-0.4, -0.2) is 30.7 Å². The molecule has 0 saturated carbocycles. The molecule has 5 nitrogen and oxygen atoms in total. The average Bonchev–Trinajstić information content (AvgIpc) is 2.39. The SMILES string of the molecule is CCNC(=O)C(C)NCc1cc(Br)c(O)c(OC)c1. The predicted octanol–water partition coefficient (Wildman–Crippen LogP) is 1.78. The van der Waals surface area contributed by atoms with Crippen molar-refractivity contribution in [3.63, 3.8) is 0 Å². The van der Waals surface area contributed by atoms with Crippen molar-refractivity contribution in [3.8, 4) is 11.5 Å². The Kier molecular flexibility index (Phi) is 6.11. The zero-order valence-electron chi connectivity index (χ0n) is 11.3. The van der Waals surface area contributed by atoms with Crippen LogP contribution in [0.25, 0.3) is 0 Å². The molecule has 0 aliphatic heterocycles. The molecule has 0 aliphatic rings. The molecule has 1 amide bonds. The second-order valence-corrected chi connectivity index (χ2v) is 4.98. The molecule has 0 heterocycles. The number of carbonyl (C=O) groups is 1. The van der Waals surface area contributed by atoms with Gasteiger partial charge in [-0.25, -0.2) is 0 Å². The number of carbonyl (C=O) groups excluding carboxylic acids is 1. The van der Waals surface area contributed by atoms with Crippen LogP contribution in [0, 0.1) is 0 Å². The molecule has 0 fully saturated rings. The molecule has 1 unspecified atom stereocenters. The van der Waals surface area contributed by atoms with Gasteiger partial charge in [-0.2, -0.15) is 0 Å². The van der Waals surface area contributed by atoms with Gasteiger partial charge in [-0.05, 0) is 47.5 Å². The van der Waals surface area contributed by atoms with Gasteiger partial charge in [0, 0.05) is 13.1 Å². The molecule has 106 valence electrons. The number of phenols is 1. The summed E-state index contributed by atoms with van der Waals surface area (Å²) in [5.41, 5.74) is 0.915. The molecule has 0 spiro atoms. The van der Waals surface area contributed by atoms with E-state index in [0.29, 0.717) is 23.3 Å². The van der Waals surface area contributed by atoms with E-state index in [1.54, 1.807) is 19.1 Å². The van der Waals surface area contributed by atoms with Gasteiger partial charge in [0.1, 0.15) is 0 Å². The highest BCUT2D eigenvalue weighted by molar-refractivity contribution is 9.10. The van der Waals surface area contributed by atoms with E-state index >= 15 is 0 Å². The lowest BCUT2D eigenvalue weighted by atomic mass is 10.2. The number of ether oxygens (including phenoxy) is 1. The van der Waals surface area contributed by atoms with Crippen LogP contribution in [0.1, 0.15) is 19.4 Å². The fourth-order valence-corrected chi connectivity index (χ4v) is 2.07. The maximum absolute atomic E-state index is 11.6. The van der Waals surface area contributed by atoms with Crippen LogP contribution in [0.15, 0.2) is 16.6 Å². The minimum absolute atomic E-state index is 0.0349. The molecule has 19 heavy (non-hydrogen) atoms. The van der Waals surface area contributed by atoms with Gasteiger partial charge in [0.2, 0.25) is 5.91 Å². The predicted molar refractivity (Wildman–Crippen MR) is 77.3 cm³/mol. The standard InChI is InChI=1S/C13H19BrN2O3/c1-4-15-13(18)8(2)16-7-9-5-10(14)12(17)11(6-9)19-3/h5-6,8,16-17H,4,7H2,1-3H3,(H,15,18). The van der Waals surface area contributed by atoms with E-state index in [4.69, 9.17) is 4.74 Å². The summed E-state index contributed by atoms with van der Waals surface area (Å²) >= 11 is 3.26. The molecule has 0 bridgehead atoms. The van der Waals surface area contributed by atoms with Crippen LogP contribution < -0.4 is 15.4 Å². The molecule has 0 radical (unpaired) electrons. The normalized spacial score (nSPS) is 12.0. The first-order valence-corrected chi connectivity index (χ1v) is 6.85. The molecule has 6 heteroatoms. The molecule has 1 aromatic carbocycles. The summed E-state index contributed by atoms with van der Waals surface area (Å²) in [4.78, 5) is 11.6. The molecule has 1 aromatic rings. The van der Waals surface area contributed by atoms with E-state index in [1.165, 1.54) is 7.11 Å². The van der Waals surface area contributed by atoms with Crippen molar-refractivity contribution in [1.29, 1.82) is 0 Å². The molecule has 0 aliphatic carbocycles. The van der Waals surface area contributed by atoms with E-state index < -0.39 is 0 Å². The third-order valence-electron chi connectivity index (χ3n) is 2.66. The number of benzene rings is 1. The lowest BCUT2D eigenvalue weighted by molar-refractivity contribution is -0.122. The first-order valence-electron chi connectivity index (χ1n) is 6.06. The molecule has 0 saturated heterocycles. The Morgan fingerprint density at radius 2 is 2.21 bits per heavy atom. The number of phenolic OH excluding ortho intramolecular Hbond substituents is 1. The summed E-state index contributed by atoms with van der Waals surface area (Å²) in [7, 11) is 1.50. The summed E-state index contributed by atoms with van der Waals surface area (Å²) in [6.07, 6.45) is 0. The van der Waals surface area contributed by atoms with Crippen molar-refractivity contribution >= 4 is 21.8 Å². The van der Waals surface area contributed by atoms with Gasteiger partial charge in [-0.3, -0.25) is 4.79 Å². The number of hydrogen-bond acceptors (Lipinski definition) is 4. The number of nitrogens with one attached hydrogen (secondary N) is 2. The van der Waals surface area contributed by atoms with E-state index in [2.05, 4.69) is 26.6 Å². The fraction of sp³-hybridized carbons (Fsp3) is 0.462. The lowest BCUT2D eigenvalue weighted by Gasteiger charge is -2.14. The van der Waals surface area contributed by atoms with Gasteiger partial charge < -0.3 is 20.5 Å². The molecular weight excluding hydrogens is 312 g/mol. The van der Waals surface area contributed by atoms with Crippen molar-refractivity contribution < 1.29 is 14.6 Å². The largest absolute Gasteiger partial charge is 0.503 e. The highest BCUT2D eigenvalue weighted by Crippen LogP contribution is 2.35. The Labute approximate surface area is 121 Å². The number of aromatic hydroxyl groups is 1. The van der Waals surface area contributed by atoms with Gasteiger partial charge in [-0.1, -0.05) is 0 Å². The lowest BCUT2D eigenvalue weighted by Crippen LogP contribution is -2.41. The number of methoxy groups -OCH3 is 1. The summed E-state index contributed by atoms with van der Waals surface area (Å²) in [5, 5.41) is 15.6.